The molecule has 1 unspecified atom stereocenters. The van der Waals surface area contributed by atoms with Gasteiger partial charge in [-0.05, 0) is 12.1 Å². The molecule has 1 aliphatic heterocycles. The van der Waals surface area contributed by atoms with Gasteiger partial charge in [-0.15, -0.1) is 11.3 Å². The SMILES string of the molecule is COC(=O)c1sc(N)c(C(=O)OC)c1COC(=O)C1CC(=O)N(c2cccc(OC)c2)C1. The minimum atomic E-state index is -0.764. The molecule has 0 radical (unpaired) electrons. The first-order valence-corrected chi connectivity index (χ1v) is 10.3. The zero-order valence-electron chi connectivity index (χ0n) is 17.7. The Morgan fingerprint density at radius 2 is 1.88 bits per heavy atom. The second-order valence-corrected chi connectivity index (χ2v) is 7.90. The average Bonchev–Trinajstić information content (AvgIpc) is 3.36. The second kappa shape index (κ2) is 9.69. The third-order valence-electron chi connectivity index (χ3n) is 4.98. The number of methoxy groups -OCH3 is 3. The van der Waals surface area contributed by atoms with Crippen LogP contribution in [0.4, 0.5) is 10.7 Å². The second-order valence-electron chi connectivity index (χ2n) is 6.85. The van der Waals surface area contributed by atoms with Crippen molar-refractivity contribution in [1.29, 1.82) is 0 Å². The van der Waals surface area contributed by atoms with Crippen LogP contribution in [0.25, 0.3) is 0 Å². The van der Waals surface area contributed by atoms with Crippen molar-refractivity contribution in [2.24, 2.45) is 5.92 Å². The average molecular weight is 462 g/mol. The predicted octanol–water partition coefficient (Wildman–Crippen LogP) is 2.01. The molecule has 10 nitrogen and oxygen atoms in total. The molecule has 3 rings (SSSR count). The minimum absolute atomic E-state index is 0.0322. The van der Waals surface area contributed by atoms with Crippen LogP contribution in [0.15, 0.2) is 24.3 Å². The summed E-state index contributed by atoms with van der Waals surface area (Å²) >= 11 is 0.840. The molecule has 170 valence electrons. The van der Waals surface area contributed by atoms with Crippen LogP contribution in [0.1, 0.15) is 32.0 Å². The summed E-state index contributed by atoms with van der Waals surface area (Å²) in [6.07, 6.45) is -0.0322. The van der Waals surface area contributed by atoms with E-state index in [-0.39, 0.29) is 39.9 Å². The highest BCUT2D eigenvalue weighted by molar-refractivity contribution is 7.18. The van der Waals surface area contributed by atoms with Crippen molar-refractivity contribution in [1.82, 2.24) is 0 Å². The number of nitrogen functional groups attached to an aromatic ring is 1. The zero-order chi connectivity index (χ0) is 23.4. The summed E-state index contributed by atoms with van der Waals surface area (Å²) in [5.41, 5.74) is 6.53. The van der Waals surface area contributed by atoms with Gasteiger partial charge in [0.2, 0.25) is 5.91 Å². The molecule has 1 amide bonds. The topological polar surface area (TPSA) is 134 Å². The van der Waals surface area contributed by atoms with Crippen LogP contribution in [0.3, 0.4) is 0 Å². The number of ether oxygens (including phenoxy) is 4. The predicted molar refractivity (Wildman–Crippen MR) is 115 cm³/mol. The van der Waals surface area contributed by atoms with Gasteiger partial charge in [0.15, 0.2) is 0 Å². The Balaban J connectivity index is 1.75. The molecular formula is C21H22N2O8S. The maximum absolute atomic E-state index is 12.7. The van der Waals surface area contributed by atoms with E-state index in [0.717, 1.165) is 11.3 Å². The number of esters is 3. The quantitative estimate of drug-likeness (QED) is 0.484. The number of thiophene rings is 1. The van der Waals surface area contributed by atoms with Crippen LogP contribution in [0, 0.1) is 5.92 Å². The first-order valence-electron chi connectivity index (χ1n) is 9.49. The number of nitrogens with zero attached hydrogens (tertiary/aromatic N) is 1. The maximum atomic E-state index is 12.7. The summed E-state index contributed by atoms with van der Waals surface area (Å²) in [5, 5.41) is 0.0449. The first kappa shape index (κ1) is 23.1. The van der Waals surface area contributed by atoms with Gasteiger partial charge in [0.25, 0.3) is 0 Å². The van der Waals surface area contributed by atoms with Crippen LogP contribution >= 0.6 is 11.3 Å². The molecule has 0 saturated carbocycles. The molecule has 32 heavy (non-hydrogen) atoms. The Hall–Kier alpha value is -3.60. The van der Waals surface area contributed by atoms with E-state index in [2.05, 4.69) is 0 Å². The molecule has 0 bridgehead atoms. The van der Waals surface area contributed by atoms with Crippen molar-refractivity contribution in [2.75, 3.05) is 38.5 Å². The molecule has 2 N–H and O–H groups in total. The van der Waals surface area contributed by atoms with Crippen LogP contribution in [-0.4, -0.2) is 51.7 Å². The zero-order valence-corrected chi connectivity index (χ0v) is 18.5. The molecule has 2 aromatic rings. The number of hydrogen-bond acceptors (Lipinski definition) is 10. The van der Waals surface area contributed by atoms with Crippen molar-refractivity contribution < 1.29 is 38.1 Å². The number of hydrogen-bond donors (Lipinski definition) is 1. The van der Waals surface area contributed by atoms with E-state index in [4.69, 9.17) is 24.7 Å². The normalized spacial score (nSPS) is 15.4. The van der Waals surface area contributed by atoms with E-state index in [9.17, 15) is 19.2 Å². The largest absolute Gasteiger partial charge is 0.497 e. The van der Waals surface area contributed by atoms with E-state index in [1.165, 1.54) is 26.2 Å². The summed E-state index contributed by atoms with van der Waals surface area (Å²) in [6, 6.07) is 6.94. The molecule has 1 aliphatic rings. The lowest BCUT2D eigenvalue weighted by atomic mass is 10.1. The molecule has 1 atom stereocenters. The van der Waals surface area contributed by atoms with Gasteiger partial charge in [-0.1, -0.05) is 6.07 Å². The van der Waals surface area contributed by atoms with Gasteiger partial charge >= 0.3 is 17.9 Å². The lowest BCUT2D eigenvalue weighted by Crippen LogP contribution is -2.26. The van der Waals surface area contributed by atoms with Crippen molar-refractivity contribution in [2.45, 2.75) is 13.0 Å². The number of amides is 1. The Bertz CT molecular complexity index is 1060. The Morgan fingerprint density at radius 1 is 1.16 bits per heavy atom. The molecule has 1 fully saturated rings. The number of nitrogens with two attached hydrogens (primary N) is 1. The van der Waals surface area contributed by atoms with Crippen molar-refractivity contribution in [3.8, 4) is 5.75 Å². The lowest BCUT2D eigenvalue weighted by Gasteiger charge is -2.17. The van der Waals surface area contributed by atoms with E-state index >= 15 is 0 Å². The fourth-order valence-corrected chi connectivity index (χ4v) is 4.34. The molecule has 1 aromatic heterocycles. The highest BCUT2D eigenvalue weighted by Gasteiger charge is 2.37. The summed E-state index contributed by atoms with van der Waals surface area (Å²) in [7, 11) is 3.88. The minimum Gasteiger partial charge on any atom is -0.497 e. The highest BCUT2D eigenvalue weighted by atomic mass is 32.1. The highest BCUT2D eigenvalue weighted by Crippen LogP contribution is 2.34. The van der Waals surface area contributed by atoms with E-state index in [0.29, 0.717) is 11.4 Å². The van der Waals surface area contributed by atoms with Gasteiger partial charge in [-0.3, -0.25) is 9.59 Å². The number of anilines is 2. The summed E-state index contributed by atoms with van der Waals surface area (Å²) < 4.78 is 20.0. The number of carbonyl (C=O) groups is 4. The first-order chi connectivity index (χ1) is 15.3. The molecule has 2 heterocycles. The number of carbonyl (C=O) groups excluding carboxylic acids is 4. The van der Waals surface area contributed by atoms with Crippen LogP contribution in [-0.2, 0) is 30.4 Å². The molecule has 0 spiro atoms. The fraction of sp³-hybridized carbons (Fsp3) is 0.333. The summed E-state index contributed by atoms with van der Waals surface area (Å²) in [4.78, 5) is 50.9. The Morgan fingerprint density at radius 3 is 2.53 bits per heavy atom. The lowest BCUT2D eigenvalue weighted by molar-refractivity contribution is -0.149. The van der Waals surface area contributed by atoms with Crippen LogP contribution < -0.4 is 15.4 Å². The van der Waals surface area contributed by atoms with Crippen molar-refractivity contribution in [3.05, 3.63) is 40.3 Å². The van der Waals surface area contributed by atoms with Gasteiger partial charge in [0, 0.05) is 30.3 Å². The van der Waals surface area contributed by atoms with Crippen LogP contribution in [0.5, 0.6) is 5.75 Å². The fourth-order valence-electron chi connectivity index (χ4n) is 3.36. The molecule has 0 aliphatic carbocycles. The van der Waals surface area contributed by atoms with E-state index < -0.39 is 30.4 Å². The smallest absolute Gasteiger partial charge is 0.348 e. The van der Waals surface area contributed by atoms with Gasteiger partial charge < -0.3 is 29.6 Å². The van der Waals surface area contributed by atoms with Gasteiger partial charge in [-0.2, -0.15) is 0 Å². The number of benzene rings is 1. The maximum Gasteiger partial charge on any atom is 0.348 e. The monoisotopic (exact) mass is 462 g/mol. The molecule has 1 saturated heterocycles. The van der Waals surface area contributed by atoms with E-state index in [1.807, 2.05) is 0 Å². The van der Waals surface area contributed by atoms with Crippen LogP contribution in [0.2, 0.25) is 0 Å². The Kier molecular flexibility index (Phi) is 6.98. The van der Waals surface area contributed by atoms with Gasteiger partial charge in [0.05, 0.1) is 27.2 Å². The van der Waals surface area contributed by atoms with Gasteiger partial charge in [-0.25, -0.2) is 9.59 Å². The van der Waals surface area contributed by atoms with Gasteiger partial charge in [0.1, 0.15) is 27.8 Å². The summed E-state index contributed by atoms with van der Waals surface area (Å²) in [6.45, 7) is -0.268. The standard InChI is InChI=1S/C21H22N2O8S/c1-28-13-6-4-5-12(8-13)23-9-11(7-15(23)24)19(25)31-10-14-16(20(26)29-2)18(22)32-17(14)21(27)30-3/h4-6,8,11H,7,9-10,22H2,1-3H3. The third-order valence-corrected chi connectivity index (χ3v) is 6.02. The van der Waals surface area contributed by atoms with E-state index in [1.54, 1.807) is 24.3 Å². The Labute approximate surface area is 187 Å². The molecule has 1 aromatic carbocycles. The van der Waals surface area contributed by atoms with Crippen molar-refractivity contribution >= 4 is 45.8 Å². The summed E-state index contributed by atoms with van der Waals surface area (Å²) in [5.74, 6) is -2.48. The number of rotatable bonds is 7. The third kappa shape index (κ3) is 4.52. The molecule has 11 heteroatoms. The molecular weight excluding hydrogens is 440 g/mol. The van der Waals surface area contributed by atoms with Crippen molar-refractivity contribution in [3.63, 3.8) is 0 Å².